The highest BCUT2D eigenvalue weighted by molar-refractivity contribution is 9.10. The van der Waals surface area contributed by atoms with Gasteiger partial charge in [0.1, 0.15) is 11.1 Å². The second-order valence-electron chi connectivity index (χ2n) is 6.55. The molecule has 3 aromatic rings. The van der Waals surface area contributed by atoms with Crippen molar-refractivity contribution in [3.05, 3.63) is 68.6 Å². The zero-order valence-electron chi connectivity index (χ0n) is 14.9. The zero-order valence-corrected chi connectivity index (χ0v) is 18.1. The van der Waals surface area contributed by atoms with Crippen LogP contribution in [0.2, 0.25) is 0 Å². The van der Waals surface area contributed by atoms with E-state index < -0.39 is 0 Å². The van der Waals surface area contributed by atoms with E-state index >= 15 is 0 Å². The third kappa shape index (κ3) is 3.83. The summed E-state index contributed by atoms with van der Waals surface area (Å²) in [4.78, 5) is 8.39. The van der Waals surface area contributed by atoms with E-state index in [-0.39, 0.29) is 0 Å². The number of hydrogen-bond donors (Lipinski definition) is 0. The van der Waals surface area contributed by atoms with Crippen LogP contribution in [0.4, 0.5) is 0 Å². The minimum atomic E-state index is 0.712. The number of thioether (sulfide) groups is 1. The van der Waals surface area contributed by atoms with Crippen LogP contribution in [0, 0.1) is 11.3 Å². The molecule has 1 aliphatic heterocycles. The van der Waals surface area contributed by atoms with Crippen LogP contribution < -0.4 is 0 Å². The van der Waals surface area contributed by atoms with Crippen molar-refractivity contribution in [1.82, 2.24) is 9.88 Å². The highest BCUT2D eigenvalue weighted by Crippen LogP contribution is 2.39. The van der Waals surface area contributed by atoms with Crippen molar-refractivity contribution in [2.45, 2.75) is 23.7 Å². The van der Waals surface area contributed by atoms with Gasteiger partial charge in [0.05, 0.1) is 5.56 Å². The Labute approximate surface area is 176 Å². The molecular weight excluding hydrogens is 438 g/mol. The van der Waals surface area contributed by atoms with Gasteiger partial charge in [0.25, 0.3) is 0 Å². The summed E-state index contributed by atoms with van der Waals surface area (Å²) in [6.45, 7) is 1.85. The maximum atomic E-state index is 10.00. The molecule has 0 spiro atoms. The van der Waals surface area contributed by atoms with E-state index in [1.165, 1.54) is 11.1 Å². The Bertz CT molecular complexity index is 1010. The number of pyridine rings is 1. The lowest BCUT2D eigenvalue weighted by molar-refractivity contribution is 0.310. The van der Waals surface area contributed by atoms with Crippen molar-refractivity contribution in [3.8, 4) is 16.5 Å². The lowest BCUT2D eigenvalue weighted by atomic mass is 9.96. The van der Waals surface area contributed by atoms with Crippen molar-refractivity contribution in [1.29, 1.82) is 5.26 Å². The molecule has 0 fully saturated rings. The predicted octanol–water partition coefficient (Wildman–Crippen LogP) is 5.72. The largest absolute Gasteiger partial charge is 0.302 e. The van der Waals surface area contributed by atoms with Crippen LogP contribution in [0.25, 0.3) is 10.4 Å². The standard InChI is InChI=1S/C21H18BrN3S2/c1-25-9-8-18-16(12-25)20(19-7-4-10-26-19)15(11-23)21(24-18)27-13-14-5-2-3-6-17(14)22/h2-7,10H,8-9,12-13H2,1H3. The molecule has 0 saturated carbocycles. The van der Waals surface area contributed by atoms with Crippen molar-refractivity contribution >= 4 is 39.0 Å². The van der Waals surface area contributed by atoms with Crippen LogP contribution in [-0.2, 0) is 18.7 Å². The molecule has 1 aromatic carbocycles. The first-order valence-electron chi connectivity index (χ1n) is 8.72. The molecule has 0 saturated heterocycles. The van der Waals surface area contributed by atoms with E-state index in [9.17, 15) is 5.26 Å². The lowest BCUT2D eigenvalue weighted by Gasteiger charge is -2.27. The highest BCUT2D eigenvalue weighted by Gasteiger charge is 2.25. The second kappa shape index (κ2) is 8.15. The number of fused-ring (bicyclic) bond motifs is 1. The first-order valence-corrected chi connectivity index (χ1v) is 11.4. The SMILES string of the molecule is CN1CCc2nc(SCc3ccccc3Br)c(C#N)c(-c3cccs3)c2C1. The number of rotatable bonds is 4. The molecule has 1 aliphatic rings. The molecule has 0 aliphatic carbocycles. The Kier molecular flexibility index (Phi) is 5.65. The number of hydrogen-bond acceptors (Lipinski definition) is 5. The van der Waals surface area contributed by atoms with Crippen LogP contribution in [0.3, 0.4) is 0 Å². The summed E-state index contributed by atoms with van der Waals surface area (Å²) in [6.07, 6.45) is 0.929. The number of likely N-dealkylation sites (N-methyl/N-ethyl adjacent to an activating group) is 1. The molecule has 0 amide bonds. The molecule has 3 nitrogen and oxygen atoms in total. The molecule has 0 radical (unpaired) electrons. The number of benzene rings is 1. The number of thiophene rings is 1. The molecule has 27 heavy (non-hydrogen) atoms. The maximum absolute atomic E-state index is 10.00. The average molecular weight is 456 g/mol. The van der Waals surface area contributed by atoms with Gasteiger partial charge in [-0.2, -0.15) is 5.26 Å². The molecule has 0 bridgehead atoms. The zero-order chi connectivity index (χ0) is 18.8. The summed E-state index contributed by atoms with van der Waals surface area (Å²) in [6, 6.07) is 14.8. The minimum Gasteiger partial charge on any atom is -0.302 e. The lowest BCUT2D eigenvalue weighted by Crippen LogP contribution is -2.28. The summed E-state index contributed by atoms with van der Waals surface area (Å²) in [5.74, 6) is 0.783. The summed E-state index contributed by atoms with van der Waals surface area (Å²) in [7, 11) is 2.13. The van der Waals surface area contributed by atoms with Gasteiger partial charge in [-0.05, 0) is 35.7 Å². The van der Waals surface area contributed by atoms with Crippen molar-refractivity contribution in [2.24, 2.45) is 0 Å². The van der Waals surface area contributed by atoms with Gasteiger partial charge in [-0.3, -0.25) is 0 Å². The fraction of sp³-hybridized carbons (Fsp3) is 0.238. The van der Waals surface area contributed by atoms with Gasteiger partial charge in [0.15, 0.2) is 0 Å². The van der Waals surface area contributed by atoms with Crippen molar-refractivity contribution < 1.29 is 0 Å². The fourth-order valence-electron chi connectivity index (χ4n) is 3.33. The molecular formula is C21H18BrN3S2. The normalized spacial score (nSPS) is 14.0. The van der Waals surface area contributed by atoms with E-state index in [4.69, 9.17) is 4.98 Å². The topological polar surface area (TPSA) is 39.9 Å². The number of nitriles is 1. The van der Waals surface area contributed by atoms with E-state index in [1.807, 2.05) is 18.2 Å². The molecule has 0 atom stereocenters. The van der Waals surface area contributed by atoms with Crippen molar-refractivity contribution in [3.63, 3.8) is 0 Å². The van der Waals surface area contributed by atoms with Gasteiger partial charge in [0, 0.05) is 45.9 Å². The van der Waals surface area contributed by atoms with Gasteiger partial charge < -0.3 is 4.90 Å². The number of halogens is 1. The number of aromatic nitrogens is 1. The Morgan fingerprint density at radius 2 is 2.15 bits per heavy atom. The van der Waals surface area contributed by atoms with Crippen LogP contribution in [0.15, 0.2) is 51.3 Å². The maximum Gasteiger partial charge on any atom is 0.115 e. The third-order valence-corrected chi connectivity index (χ3v) is 7.40. The van der Waals surface area contributed by atoms with Crippen LogP contribution >= 0.6 is 39.0 Å². The van der Waals surface area contributed by atoms with E-state index in [0.717, 1.165) is 50.9 Å². The Morgan fingerprint density at radius 3 is 2.89 bits per heavy atom. The molecule has 136 valence electrons. The highest BCUT2D eigenvalue weighted by atomic mass is 79.9. The van der Waals surface area contributed by atoms with Gasteiger partial charge in [-0.25, -0.2) is 4.98 Å². The molecule has 2 aromatic heterocycles. The minimum absolute atomic E-state index is 0.712. The molecule has 4 rings (SSSR count). The summed E-state index contributed by atoms with van der Waals surface area (Å²) in [5, 5.41) is 12.9. The Balaban J connectivity index is 1.79. The third-order valence-electron chi connectivity index (χ3n) is 4.71. The monoisotopic (exact) mass is 455 g/mol. The number of nitrogens with zero attached hydrogens (tertiary/aromatic N) is 3. The van der Waals surface area contributed by atoms with Crippen LogP contribution in [-0.4, -0.2) is 23.5 Å². The quantitative estimate of drug-likeness (QED) is 0.471. The fourth-order valence-corrected chi connectivity index (χ4v) is 5.76. The Morgan fingerprint density at radius 1 is 1.30 bits per heavy atom. The first kappa shape index (κ1) is 18.7. The van der Waals surface area contributed by atoms with Gasteiger partial charge in [-0.1, -0.05) is 40.2 Å². The molecule has 6 heteroatoms. The Hall–Kier alpha value is -1.65. The smallest absolute Gasteiger partial charge is 0.115 e. The predicted molar refractivity (Wildman–Crippen MR) is 116 cm³/mol. The summed E-state index contributed by atoms with van der Waals surface area (Å²) < 4.78 is 1.09. The van der Waals surface area contributed by atoms with E-state index in [1.54, 1.807) is 23.1 Å². The van der Waals surface area contributed by atoms with E-state index in [2.05, 4.69) is 57.5 Å². The van der Waals surface area contributed by atoms with E-state index in [0.29, 0.717) is 5.56 Å². The van der Waals surface area contributed by atoms with Gasteiger partial charge >= 0.3 is 0 Å². The van der Waals surface area contributed by atoms with Gasteiger partial charge in [0.2, 0.25) is 0 Å². The average Bonchev–Trinajstić information content (AvgIpc) is 3.20. The first-order chi connectivity index (χ1) is 13.2. The molecule has 0 unspecified atom stereocenters. The van der Waals surface area contributed by atoms with Gasteiger partial charge in [-0.15, -0.1) is 23.1 Å². The van der Waals surface area contributed by atoms with Crippen LogP contribution in [0.5, 0.6) is 0 Å². The molecule has 0 N–H and O–H groups in total. The molecule has 3 heterocycles. The summed E-state index contributed by atoms with van der Waals surface area (Å²) >= 11 is 6.96. The van der Waals surface area contributed by atoms with Crippen molar-refractivity contribution in [2.75, 3.05) is 13.6 Å². The summed E-state index contributed by atoms with van der Waals surface area (Å²) in [5.41, 5.74) is 5.36. The van der Waals surface area contributed by atoms with Crippen LogP contribution in [0.1, 0.15) is 22.4 Å². The second-order valence-corrected chi connectivity index (χ2v) is 9.32.